The summed E-state index contributed by atoms with van der Waals surface area (Å²) in [6.45, 7) is 0.239. The monoisotopic (exact) mass is 237 g/mol. The van der Waals surface area contributed by atoms with Crippen LogP contribution in [0.25, 0.3) is 10.4 Å². The molecule has 86 valence electrons. The molecule has 0 saturated carbocycles. The molecule has 0 aliphatic heterocycles. The van der Waals surface area contributed by atoms with Crippen molar-refractivity contribution in [2.75, 3.05) is 20.2 Å². The molecule has 1 amide bonds. The van der Waals surface area contributed by atoms with Gasteiger partial charge in [-0.05, 0) is 12.0 Å². The molecule has 0 radical (unpaired) electrons. The highest BCUT2D eigenvalue weighted by Crippen LogP contribution is 1.84. The molecule has 0 spiro atoms. The molecule has 0 aromatic rings. The minimum absolute atomic E-state index is 0.0609. The van der Waals surface area contributed by atoms with Crippen molar-refractivity contribution in [1.29, 1.82) is 0 Å². The third-order valence-corrected chi connectivity index (χ3v) is 2.21. The maximum Gasteiger partial charge on any atom is 0.421 e. The summed E-state index contributed by atoms with van der Waals surface area (Å²) in [4.78, 5) is 13.0. The minimum atomic E-state index is -3.89. The number of carbonyl (C=O) groups excluding carboxylic acids is 1. The molecule has 0 aromatic carbocycles. The lowest BCUT2D eigenvalue weighted by Crippen LogP contribution is -2.40. The maximum absolute atomic E-state index is 11.0. The van der Waals surface area contributed by atoms with Crippen LogP contribution in [0.5, 0.6) is 0 Å². The summed E-state index contributed by atoms with van der Waals surface area (Å²) in [5, 5.41) is 3.20. The highest BCUT2D eigenvalue weighted by molar-refractivity contribution is 7.88. The molecule has 10 heteroatoms. The Labute approximate surface area is 86.6 Å². The predicted octanol–water partition coefficient (Wildman–Crippen LogP) is -0.123. The van der Waals surface area contributed by atoms with E-state index in [1.54, 1.807) is 4.72 Å². The lowest BCUT2D eigenvalue weighted by atomic mass is 10.4. The van der Waals surface area contributed by atoms with Crippen LogP contribution in [0.4, 0.5) is 4.79 Å². The van der Waals surface area contributed by atoms with E-state index in [0.717, 1.165) is 7.11 Å². The van der Waals surface area contributed by atoms with Crippen molar-refractivity contribution in [1.82, 2.24) is 9.44 Å². The number of nitrogens with zero attached hydrogens (tertiary/aromatic N) is 3. The van der Waals surface area contributed by atoms with E-state index in [-0.39, 0.29) is 13.1 Å². The zero-order valence-corrected chi connectivity index (χ0v) is 8.82. The number of ether oxygens (including phenoxy) is 1. The van der Waals surface area contributed by atoms with Crippen molar-refractivity contribution in [2.45, 2.75) is 6.42 Å². The first-order chi connectivity index (χ1) is 7.02. The summed E-state index contributed by atoms with van der Waals surface area (Å²) < 4.78 is 29.8. The van der Waals surface area contributed by atoms with Gasteiger partial charge in [-0.15, -0.1) is 0 Å². The van der Waals surface area contributed by atoms with Crippen molar-refractivity contribution in [2.24, 2.45) is 5.11 Å². The van der Waals surface area contributed by atoms with Gasteiger partial charge >= 0.3 is 16.3 Å². The number of hydrogen-bond acceptors (Lipinski definition) is 5. The normalized spacial score (nSPS) is 10.2. The first kappa shape index (κ1) is 13.5. The molecule has 0 unspecified atom stereocenters. The van der Waals surface area contributed by atoms with E-state index in [0.29, 0.717) is 6.42 Å². The molecule has 2 N–H and O–H groups in total. The Kier molecular flexibility index (Phi) is 6.18. The van der Waals surface area contributed by atoms with Gasteiger partial charge in [-0.1, -0.05) is 5.11 Å². The Morgan fingerprint density at radius 1 is 1.60 bits per heavy atom. The van der Waals surface area contributed by atoms with Gasteiger partial charge in [0.1, 0.15) is 0 Å². The third-order valence-electron chi connectivity index (χ3n) is 1.19. The zero-order chi connectivity index (χ0) is 11.7. The van der Waals surface area contributed by atoms with Crippen LogP contribution in [0.3, 0.4) is 0 Å². The average molecular weight is 237 g/mol. The number of amides is 1. The van der Waals surface area contributed by atoms with E-state index < -0.39 is 16.3 Å². The lowest BCUT2D eigenvalue weighted by Gasteiger charge is -2.05. The van der Waals surface area contributed by atoms with E-state index >= 15 is 0 Å². The number of carbonyl (C=O) groups is 1. The fourth-order valence-electron chi connectivity index (χ4n) is 0.588. The Hall–Kier alpha value is -1.51. The van der Waals surface area contributed by atoms with Crippen molar-refractivity contribution >= 4 is 16.3 Å². The predicted molar refractivity (Wildman–Crippen MR) is 51.1 cm³/mol. The second kappa shape index (κ2) is 6.87. The van der Waals surface area contributed by atoms with E-state index in [9.17, 15) is 13.2 Å². The van der Waals surface area contributed by atoms with Gasteiger partial charge in [0.2, 0.25) is 0 Å². The summed E-state index contributed by atoms with van der Waals surface area (Å²) >= 11 is 0. The van der Waals surface area contributed by atoms with Crippen LogP contribution in [-0.2, 0) is 14.9 Å². The van der Waals surface area contributed by atoms with Crippen molar-refractivity contribution in [3.8, 4) is 0 Å². The lowest BCUT2D eigenvalue weighted by molar-refractivity contribution is 0.177. The fraction of sp³-hybridized carbons (Fsp3) is 0.800. The molecule has 0 rings (SSSR count). The standard InChI is InChI=1S/C5H11N5O4S/c1-14-5(11)9-15(12,13)8-4-2-3-7-10-6/h8H,2-4H2,1H3,(H,9,11). The van der Waals surface area contributed by atoms with Crippen LogP contribution in [0, 0.1) is 0 Å². The maximum atomic E-state index is 11.0. The van der Waals surface area contributed by atoms with Gasteiger partial charge in [-0.25, -0.2) is 9.52 Å². The number of methoxy groups -OCH3 is 1. The number of azide groups is 1. The van der Waals surface area contributed by atoms with E-state index in [1.165, 1.54) is 0 Å². The number of nitrogens with one attached hydrogen (secondary N) is 2. The Morgan fingerprint density at radius 2 is 2.27 bits per heavy atom. The quantitative estimate of drug-likeness (QED) is 0.288. The van der Waals surface area contributed by atoms with Gasteiger partial charge in [0.15, 0.2) is 0 Å². The fourth-order valence-corrected chi connectivity index (χ4v) is 1.38. The summed E-state index contributed by atoms with van der Waals surface area (Å²) in [5.74, 6) is 0. The molecular formula is C5H11N5O4S. The number of rotatable bonds is 6. The van der Waals surface area contributed by atoms with E-state index in [1.807, 2.05) is 0 Å². The molecule has 9 nitrogen and oxygen atoms in total. The molecule has 0 aromatic heterocycles. The largest absolute Gasteiger partial charge is 0.452 e. The third kappa shape index (κ3) is 7.55. The van der Waals surface area contributed by atoms with Crippen molar-refractivity contribution < 1.29 is 17.9 Å². The molecule has 0 saturated heterocycles. The summed E-state index contributed by atoms with van der Waals surface area (Å²) in [5.41, 5.74) is 7.92. The molecule has 0 aliphatic rings. The molecular weight excluding hydrogens is 226 g/mol. The van der Waals surface area contributed by atoms with Crippen LogP contribution < -0.4 is 9.44 Å². The summed E-state index contributed by atoms with van der Waals surface area (Å²) in [6, 6.07) is 0. The smallest absolute Gasteiger partial charge is 0.421 e. The molecule has 0 heterocycles. The van der Waals surface area contributed by atoms with Crippen LogP contribution in [-0.4, -0.2) is 34.7 Å². The van der Waals surface area contributed by atoms with Gasteiger partial charge in [-0.2, -0.15) is 13.1 Å². The summed E-state index contributed by atoms with van der Waals surface area (Å²) in [6.07, 6.45) is -0.732. The highest BCUT2D eigenvalue weighted by Gasteiger charge is 2.12. The summed E-state index contributed by atoms with van der Waals surface area (Å²) in [7, 11) is -2.84. The van der Waals surface area contributed by atoms with Crippen LogP contribution >= 0.6 is 0 Å². The molecule has 0 fully saturated rings. The molecule has 0 atom stereocenters. The second-order valence-electron chi connectivity index (χ2n) is 2.30. The molecule has 0 bridgehead atoms. The van der Waals surface area contributed by atoms with Crippen LogP contribution in [0.15, 0.2) is 5.11 Å². The Balaban J connectivity index is 3.84. The Morgan fingerprint density at radius 3 is 2.80 bits per heavy atom. The van der Waals surface area contributed by atoms with Crippen LogP contribution in [0.2, 0.25) is 0 Å². The SMILES string of the molecule is COC(=O)NS(=O)(=O)NCCCN=[N+]=[N-]. The zero-order valence-electron chi connectivity index (χ0n) is 8.00. The number of hydrogen-bond donors (Lipinski definition) is 2. The van der Waals surface area contributed by atoms with Crippen molar-refractivity contribution in [3.63, 3.8) is 0 Å². The molecule has 15 heavy (non-hydrogen) atoms. The van der Waals surface area contributed by atoms with E-state index in [4.69, 9.17) is 5.53 Å². The van der Waals surface area contributed by atoms with Gasteiger partial charge in [0, 0.05) is 18.0 Å². The van der Waals surface area contributed by atoms with Gasteiger partial charge < -0.3 is 4.74 Å². The second-order valence-corrected chi connectivity index (χ2v) is 3.80. The topological polar surface area (TPSA) is 133 Å². The first-order valence-corrected chi connectivity index (χ1v) is 5.36. The van der Waals surface area contributed by atoms with Gasteiger partial charge in [0.05, 0.1) is 7.11 Å². The van der Waals surface area contributed by atoms with Crippen molar-refractivity contribution in [3.05, 3.63) is 10.4 Å². The van der Waals surface area contributed by atoms with Crippen LogP contribution in [0.1, 0.15) is 6.42 Å². The first-order valence-electron chi connectivity index (χ1n) is 3.88. The van der Waals surface area contributed by atoms with Gasteiger partial charge in [0.25, 0.3) is 0 Å². The Bertz CT molecular complexity index is 346. The van der Waals surface area contributed by atoms with E-state index in [2.05, 4.69) is 19.5 Å². The highest BCUT2D eigenvalue weighted by atomic mass is 32.2. The average Bonchev–Trinajstić information content (AvgIpc) is 2.16. The minimum Gasteiger partial charge on any atom is -0.452 e. The molecule has 0 aliphatic carbocycles. The van der Waals surface area contributed by atoms with Gasteiger partial charge in [-0.3, -0.25) is 0 Å².